The number of benzene rings is 1. The molecule has 0 radical (unpaired) electrons. The van der Waals surface area contributed by atoms with E-state index in [0.29, 0.717) is 5.69 Å². The molecular formula is C16H17N3O3. The van der Waals surface area contributed by atoms with E-state index in [0.717, 1.165) is 5.56 Å². The Balaban J connectivity index is 1.77. The summed E-state index contributed by atoms with van der Waals surface area (Å²) in [5, 5.41) is 5.15. The van der Waals surface area contributed by atoms with Crippen LogP contribution >= 0.6 is 0 Å². The highest BCUT2D eigenvalue weighted by Gasteiger charge is 2.16. The monoisotopic (exact) mass is 299 g/mol. The van der Waals surface area contributed by atoms with Crippen molar-refractivity contribution in [3.05, 3.63) is 60.4 Å². The minimum Gasteiger partial charge on any atom is -0.445 e. The lowest BCUT2D eigenvalue weighted by atomic mass is 10.2. The van der Waals surface area contributed by atoms with E-state index in [1.54, 1.807) is 31.5 Å². The molecule has 0 aliphatic rings. The number of nitrogens with zero attached hydrogens (tertiary/aromatic N) is 1. The number of amides is 2. The second kappa shape index (κ2) is 7.78. The minimum absolute atomic E-state index is 0.158. The van der Waals surface area contributed by atoms with Gasteiger partial charge in [-0.1, -0.05) is 30.3 Å². The molecule has 1 heterocycles. The Morgan fingerprint density at radius 3 is 2.50 bits per heavy atom. The molecule has 0 spiro atoms. The lowest BCUT2D eigenvalue weighted by Crippen LogP contribution is -2.41. The lowest BCUT2D eigenvalue weighted by Gasteiger charge is -2.14. The van der Waals surface area contributed by atoms with Gasteiger partial charge in [-0.3, -0.25) is 9.78 Å². The first-order chi connectivity index (χ1) is 10.6. The van der Waals surface area contributed by atoms with Crippen LogP contribution in [0.2, 0.25) is 0 Å². The van der Waals surface area contributed by atoms with Crippen molar-refractivity contribution in [1.29, 1.82) is 0 Å². The average molecular weight is 299 g/mol. The predicted molar refractivity (Wildman–Crippen MR) is 82.1 cm³/mol. The minimum atomic E-state index is -0.712. The summed E-state index contributed by atoms with van der Waals surface area (Å²) in [5.74, 6) is -0.331. The highest BCUT2D eigenvalue weighted by molar-refractivity contribution is 5.96. The van der Waals surface area contributed by atoms with Crippen LogP contribution in [0.1, 0.15) is 12.5 Å². The number of pyridine rings is 1. The molecule has 2 amide bonds. The van der Waals surface area contributed by atoms with Gasteiger partial charge < -0.3 is 15.4 Å². The third kappa shape index (κ3) is 4.90. The molecule has 0 saturated carbocycles. The van der Waals surface area contributed by atoms with Gasteiger partial charge in [-0.2, -0.15) is 0 Å². The number of ether oxygens (including phenoxy) is 1. The zero-order chi connectivity index (χ0) is 15.8. The first-order valence-corrected chi connectivity index (χ1v) is 6.83. The molecule has 0 unspecified atom stereocenters. The summed E-state index contributed by atoms with van der Waals surface area (Å²) in [6.45, 7) is 1.74. The van der Waals surface area contributed by atoms with Crippen molar-refractivity contribution >= 4 is 17.7 Å². The van der Waals surface area contributed by atoms with Gasteiger partial charge in [0.15, 0.2) is 0 Å². The van der Waals surface area contributed by atoms with Crippen LogP contribution < -0.4 is 10.6 Å². The molecule has 114 valence electrons. The predicted octanol–water partition coefficient (Wildman–Crippen LogP) is 2.33. The molecule has 1 atom stereocenters. The van der Waals surface area contributed by atoms with Crippen molar-refractivity contribution < 1.29 is 14.3 Å². The maximum atomic E-state index is 11.9. The van der Waals surface area contributed by atoms with E-state index in [1.165, 1.54) is 0 Å². The molecule has 6 heteroatoms. The quantitative estimate of drug-likeness (QED) is 0.888. The van der Waals surface area contributed by atoms with E-state index in [2.05, 4.69) is 15.6 Å². The first-order valence-electron chi connectivity index (χ1n) is 6.83. The fourth-order valence-electron chi connectivity index (χ4n) is 1.69. The standard InChI is InChI=1S/C16H17N3O3/c1-12(15(20)19-14-7-9-17-10-8-14)18-16(21)22-11-13-5-3-2-4-6-13/h2-10,12H,11H2,1H3,(H,18,21)(H,17,19,20)/t12-/m1/s1. The number of carbonyl (C=O) groups excluding carboxylic acids is 2. The van der Waals surface area contributed by atoms with Crippen LogP contribution in [0, 0.1) is 0 Å². The molecular weight excluding hydrogens is 282 g/mol. The Kier molecular flexibility index (Phi) is 5.48. The molecule has 0 aliphatic heterocycles. The molecule has 2 aromatic rings. The zero-order valence-electron chi connectivity index (χ0n) is 12.2. The number of carbonyl (C=O) groups is 2. The fourth-order valence-corrected chi connectivity index (χ4v) is 1.69. The van der Waals surface area contributed by atoms with Crippen molar-refractivity contribution in [2.24, 2.45) is 0 Å². The summed E-state index contributed by atoms with van der Waals surface area (Å²) in [6.07, 6.45) is 2.50. The van der Waals surface area contributed by atoms with E-state index >= 15 is 0 Å². The summed E-state index contributed by atoms with van der Waals surface area (Å²) in [6, 6.07) is 11.9. The third-order valence-corrected chi connectivity index (χ3v) is 2.89. The van der Waals surface area contributed by atoms with Gasteiger partial charge in [0, 0.05) is 18.1 Å². The summed E-state index contributed by atoms with van der Waals surface area (Å²) in [4.78, 5) is 27.4. The largest absolute Gasteiger partial charge is 0.445 e. The van der Waals surface area contributed by atoms with E-state index in [-0.39, 0.29) is 12.5 Å². The number of hydrogen-bond donors (Lipinski definition) is 2. The van der Waals surface area contributed by atoms with Gasteiger partial charge in [0.05, 0.1) is 0 Å². The summed E-state index contributed by atoms with van der Waals surface area (Å²) < 4.78 is 5.06. The Hall–Kier alpha value is -2.89. The molecule has 1 aromatic carbocycles. The van der Waals surface area contributed by atoms with Crippen LogP contribution in [-0.4, -0.2) is 23.0 Å². The number of hydrogen-bond acceptors (Lipinski definition) is 4. The van der Waals surface area contributed by atoms with E-state index in [1.807, 2.05) is 30.3 Å². The fraction of sp³-hybridized carbons (Fsp3) is 0.188. The van der Waals surface area contributed by atoms with E-state index in [9.17, 15) is 9.59 Å². The number of alkyl carbamates (subject to hydrolysis) is 1. The second-order valence-corrected chi connectivity index (χ2v) is 4.65. The Morgan fingerprint density at radius 1 is 1.14 bits per heavy atom. The van der Waals surface area contributed by atoms with Crippen LogP contribution in [0.25, 0.3) is 0 Å². The molecule has 1 aromatic heterocycles. The van der Waals surface area contributed by atoms with Gasteiger partial charge in [0.2, 0.25) is 5.91 Å². The van der Waals surface area contributed by atoms with Crippen LogP contribution in [0.4, 0.5) is 10.5 Å². The highest BCUT2D eigenvalue weighted by atomic mass is 16.5. The molecule has 6 nitrogen and oxygen atoms in total. The van der Waals surface area contributed by atoms with Crippen molar-refractivity contribution in [1.82, 2.24) is 10.3 Å². The Bertz CT molecular complexity index is 617. The Morgan fingerprint density at radius 2 is 1.82 bits per heavy atom. The van der Waals surface area contributed by atoms with Crippen molar-refractivity contribution in [2.75, 3.05) is 5.32 Å². The van der Waals surface area contributed by atoms with Gasteiger partial charge in [0.25, 0.3) is 0 Å². The second-order valence-electron chi connectivity index (χ2n) is 4.65. The number of nitrogens with one attached hydrogen (secondary N) is 2. The SMILES string of the molecule is C[C@@H](NC(=O)OCc1ccccc1)C(=O)Nc1ccncc1. The maximum absolute atomic E-state index is 11.9. The average Bonchev–Trinajstić information content (AvgIpc) is 2.55. The smallest absolute Gasteiger partial charge is 0.408 e. The van der Waals surface area contributed by atoms with Gasteiger partial charge in [-0.25, -0.2) is 4.79 Å². The van der Waals surface area contributed by atoms with Crippen molar-refractivity contribution in [3.8, 4) is 0 Å². The third-order valence-electron chi connectivity index (χ3n) is 2.89. The van der Waals surface area contributed by atoms with Crippen LogP contribution in [0.5, 0.6) is 0 Å². The molecule has 22 heavy (non-hydrogen) atoms. The zero-order valence-corrected chi connectivity index (χ0v) is 12.2. The summed E-state index contributed by atoms with van der Waals surface area (Å²) >= 11 is 0. The number of anilines is 1. The molecule has 0 fully saturated rings. The number of rotatable bonds is 5. The van der Waals surface area contributed by atoms with Crippen LogP contribution in [-0.2, 0) is 16.1 Å². The van der Waals surface area contributed by atoms with E-state index in [4.69, 9.17) is 4.74 Å². The number of aromatic nitrogens is 1. The van der Waals surface area contributed by atoms with E-state index < -0.39 is 12.1 Å². The van der Waals surface area contributed by atoms with Crippen molar-refractivity contribution in [2.45, 2.75) is 19.6 Å². The highest BCUT2D eigenvalue weighted by Crippen LogP contribution is 2.04. The van der Waals surface area contributed by atoms with Gasteiger partial charge in [0.1, 0.15) is 12.6 Å². The molecule has 0 aliphatic carbocycles. The molecule has 0 saturated heterocycles. The Labute approximate surface area is 128 Å². The summed E-state index contributed by atoms with van der Waals surface area (Å²) in [7, 11) is 0. The first kappa shape index (κ1) is 15.5. The van der Waals surface area contributed by atoms with Gasteiger partial charge in [-0.05, 0) is 24.6 Å². The molecule has 2 rings (SSSR count). The molecule has 2 N–H and O–H groups in total. The van der Waals surface area contributed by atoms with Crippen LogP contribution in [0.15, 0.2) is 54.9 Å². The summed E-state index contributed by atoms with van der Waals surface area (Å²) in [5.41, 5.74) is 1.50. The topological polar surface area (TPSA) is 80.3 Å². The normalized spacial score (nSPS) is 11.3. The van der Waals surface area contributed by atoms with Gasteiger partial charge >= 0.3 is 6.09 Å². The van der Waals surface area contributed by atoms with Gasteiger partial charge in [-0.15, -0.1) is 0 Å². The maximum Gasteiger partial charge on any atom is 0.408 e. The lowest BCUT2D eigenvalue weighted by molar-refractivity contribution is -0.117. The van der Waals surface area contributed by atoms with Crippen molar-refractivity contribution in [3.63, 3.8) is 0 Å². The molecule has 0 bridgehead atoms. The van der Waals surface area contributed by atoms with Crippen LogP contribution in [0.3, 0.4) is 0 Å².